The number of hydrogen-bond acceptors (Lipinski definition) is 5. The average molecular weight is 296 g/mol. The van der Waals surface area contributed by atoms with Crippen LogP contribution in [0, 0.1) is 6.92 Å². The van der Waals surface area contributed by atoms with Gasteiger partial charge in [0.25, 0.3) is 0 Å². The van der Waals surface area contributed by atoms with Gasteiger partial charge in [-0.25, -0.2) is 9.97 Å². The van der Waals surface area contributed by atoms with Gasteiger partial charge in [-0.1, -0.05) is 35.5 Å². The van der Waals surface area contributed by atoms with Crippen LogP contribution in [0.4, 0.5) is 5.82 Å². The van der Waals surface area contributed by atoms with Crippen molar-refractivity contribution in [3.63, 3.8) is 0 Å². The molecule has 2 aromatic rings. The summed E-state index contributed by atoms with van der Waals surface area (Å²) in [5.74, 6) is 1.91. The van der Waals surface area contributed by atoms with Gasteiger partial charge in [0.05, 0.1) is 11.6 Å². The minimum Gasteiger partial charge on any atom is -0.491 e. The molecule has 0 radical (unpaired) electrons. The Kier molecular flexibility index (Phi) is 4.87. The van der Waals surface area contributed by atoms with Crippen molar-refractivity contribution >= 4 is 29.2 Å². The third-order valence-corrected chi connectivity index (χ3v) is 3.39. The molecule has 2 N–H and O–H groups in total. The minimum atomic E-state index is 0.488. The van der Waals surface area contributed by atoms with E-state index in [4.69, 9.17) is 22.1 Å². The van der Waals surface area contributed by atoms with Gasteiger partial charge in [-0.15, -0.1) is 0 Å². The lowest BCUT2D eigenvalue weighted by atomic mass is 10.3. The molecule has 1 aromatic heterocycles. The van der Waals surface area contributed by atoms with Gasteiger partial charge in [0.1, 0.15) is 11.6 Å². The topological polar surface area (TPSA) is 61.0 Å². The Morgan fingerprint density at radius 3 is 2.84 bits per heavy atom. The largest absolute Gasteiger partial charge is 0.491 e. The number of thioether (sulfide) groups is 1. The van der Waals surface area contributed by atoms with Crippen molar-refractivity contribution in [2.75, 3.05) is 18.1 Å². The average Bonchev–Trinajstić information content (AvgIpc) is 2.35. The zero-order chi connectivity index (χ0) is 13.7. The van der Waals surface area contributed by atoms with Gasteiger partial charge in [-0.05, 0) is 19.1 Å². The second kappa shape index (κ2) is 6.63. The minimum absolute atomic E-state index is 0.488. The fourth-order valence-corrected chi connectivity index (χ4v) is 2.39. The number of aryl methyl sites for hydroxylation is 1. The molecule has 0 aliphatic rings. The van der Waals surface area contributed by atoms with Crippen LogP contribution >= 0.6 is 23.4 Å². The molecule has 2 rings (SSSR count). The van der Waals surface area contributed by atoms with Gasteiger partial charge in [-0.2, -0.15) is 0 Å². The van der Waals surface area contributed by atoms with Crippen LogP contribution < -0.4 is 10.5 Å². The first-order valence-electron chi connectivity index (χ1n) is 5.76. The Bertz CT molecular complexity index is 545. The summed E-state index contributed by atoms with van der Waals surface area (Å²) < 4.78 is 5.58. The summed E-state index contributed by atoms with van der Waals surface area (Å²) in [4.78, 5) is 8.43. The van der Waals surface area contributed by atoms with E-state index >= 15 is 0 Å². The lowest BCUT2D eigenvalue weighted by Gasteiger charge is -2.07. The van der Waals surface area contributed by atoms with Crippen molar-refractivity contribution in [3.05, 3.63) is 41.0 Å². The first kappa shape index (κ1) is 14.0. The highest BCUT2D eigenvalue weighted by molar-refractivity contribution is 7.99. The number of anilines is 1. The SMILES string of the molecule is Cc1cc(N)nc(SCCOc2ccccc2Cl)n1. The van der Waals surface area contributed by atoms with Gasteiger partial charge in [-0.3, -0.25) is 0 Å². The normalized spacial score (nSPS) is 10.4. The van der Waals surface area contributed by atoms with Gasteiger partial charge in [0.2, 0.25) is 0 Å². The second-order valence-corrected chi connectivity index (χ2v) is 5.31. The van der Waals surface area contributed by atoms with Crippen LogP contribution in [-0.2, 0) is 0 Å². The van der Waals surface area contributed by atoms with E-state index in [1.807, 2.05) is 25.1 Å². The van der Waals surface area contributed by atoms with Crippen LogP contribution in [0.5, 0.6) is 5.75 Å². The zero-order valence-corrected chi connectivity index (χ0v) is 12.0. The van der Waals surface area contributed by atoms with E-state index in [9.17, 15) is 0 Å². The van der Waals surface area contributed by atoms with E-state index in [-0.39, 0.29) is 0 Å². The van der Waals surface area contributed by atoms with Crippen LogP contribution in [0.3, 0.4) is 0 Å². The van der Waals surface area contributed by atoms with Crippen molar-refractivity contribution in [2.45, 2.75) is 12.1 Å². The summed E-state index contributed by atoms with van der Waals surface area (Å²) in [5.41, 5.74) is 6.52. The molecule has 19 heavy (non-hydrogen) atoms. The molecular weight excluding hydrogens is 282 g/mol. The Balaban J connectivity index is 1.82. The summed E-state index contributed by atoms with van der Waals surface area (Å²) in [6.45, 7) is 2.42. The monoisotopic (exact) mass is 295 g/mol. The molecule has 0 saturated carbocycles. The van der Waals surface area contributed by atoms with Crippen LogP contribution in [0.15, 0.2) is 35.5 Å². The Morgan fingerprint density at radius 2 is 2.11 bits per heavy atom. The van der Waals surface area contributed by atoms with Crippen molar-refractivity contribution in [1.29, 1.82) is 0 Å². The molecule has 0 spiro atoms. The van der Waals surface area contributed by atoms with Crippen LogP contribution in [0.2, 0.25) is 5.02 Å². The summed E-state index contributed by atoms with van der Waals surface area (Å²) in [6.07, 6.45) is 0. The first-order chi connectivity index (χ1) is 9.15. The maximum atomic E-state index is 5.99. The van der Waals surface area contributed by atoms with Gasteiger partial charge >= 0.3 is 0 Å². The van der Waals surface area contributed by atoms with E-state index in [2.05, 4.69) is 9.97 Å². The Morgan fingerprint density at radius 1 is 1.32 bits per heavy atom. The number of halogens is 1. The highest BCUT2D eigenvalue weighted by Crippen LogP contribution is 2.23. The number of benzene rings is 1. The summed E-state index contributed by atoms with van der Waals surface area (Å²) >= 11 is 7.49. The molecule has 0 saturated heterocycles. The van der Waals surface area contributed by atoms with Crippen molar-refractivity contribution < 1.29 is 4.74 Å². The van der Waals surface area contributed by atoms with Crippen molar-refractivity contribution in [2.24, 2.45) is 0 Å². The predicted molar refractivity (Wildman–Crippen MR) is 78.9 cm³/mol. The molecule has 0 aliphatic heterocycles. The maximum Gasteiger partial charge on any atom is 0.189 e. The highest BCUT2D eigenvalue weighted by atomic mass is 35.5. The fraction of sp³-hybridized carbons (Fsp3) is 0.231. The molecule has 0 fully saturated rings. The standard InChI is InChI=1S/C13H14ClN3OS/c1-9-8-12(15)17-13(16-9)19-7-6-18-11-5-3-2-4-10(11)14/h2-5,8H,6-7H2,1H3,(H2,15,16,17). The van der Waals surface area contributed by atoms with E-state index in [1.54, 1.807) is 12.1 Å². The van der Waals surface area contributed by atoms with Crippen molar-refractivity contribution in [3.8, 4) is 5.75 Å². The molecular formula is C13H14ClN3OS. The molecule has 0 atom stereocenters. The molecule has 100 valence electrons. The highest BCUT2D eigenvalue weighted by Gasteiger charge is 2.02. The maximum absolute atomic E-state index is 5.99. The first-order valence-corrected chi connectivity index (χ1v) is 7.13. The number of para-hydroxylation sites is 1. The number of hydrogen-bond donors (Lipinski definition) is 1. The number of nitrogens with zero attached hydrogens (tertiary/aromatic N) is 2. The van der Waals surface area contributed by atoms with Gasteiger partial charge in [0, 0.05) is 17.5 Å². The predicted octanol–water partition coefficient (Wildman–Crippen LogP) is 3.19. The summed E-state index contributed by atoms with van der Waals surface area (Å²) in [7, 11) is 0. The van der Waals surface area contributed by atoms with Crippen molar-refractivity contribution in [1.82, 2.24) is 9.97 Å². The molecule has 0 unspecified atom stereocenters. The van der Waals surface area contributed by atoms with Gasteiger partial charge < -0.3 is 10.5 Å². The van der Waals surface area contributed by atoms with E-state index in [0.29, 0.717) is 28.4 Å². The lowest BCUT2D eigenvalue weighted by Crippen LogP contribution is -2.02. The summed E-state index contributed by atoms with van der Waals surface area (Å²) in [6, 6.07) is 9.14. The Labute approximate surface area is 121 Å². The molecule has 0 bridgehead atoms. The van der Waals surface area contributed by atoms with Gasteiger partial charge in [0.15, 0.2) is 5.16 Å². The number of rotatable bonds is 5. The molecule has 6 heteroatoms. The molecule has 1 heterocycles. The molecule has 4 nitrogen and oxygen atoms in total. The fourth-order valence-electron chi connectivity index (χ4n) is 1.48. The molecule has 1 aromatic carbocycles. The quantitative estimate of drug-likeness (QED) is 0.521. The number of aromatic nitrogens is 2. The smallest absolute Gasteiger partial charge is 0.189 e. The number of nitrogens with two attached hydrogens (primary N) is 1. The van der Waals surface area contributed by atoms with E-state index < -0.39 is 0 Å². The Hall–Kier alpha value is -1.46. The van der Waals surface area contributed by atoms with Crippen LogP contribution in [-0.4, -0.2) is 22.3 Å². The number of nitrogen functional groups attached to an aromatic ring is 1. The second-order valence-electron chi connectivity index (χ2n) is 3.84. The van der Waals surface area contributed by atoms with E-state index in [0.717, 1.165) is 11.4 Å². The number of ether oxygens (including phenoxy) is 1. The zero-order valence-electron chi connectivity index (χ0n) is 10.5. The van der Waals surface area contributed by atoms with E-state index in [1.165, 1.54) is 11.8 Å². The summed E-state index contributed by atoms with van der Waals surface area (Å²) in [5, 5.41) is 1.28. The van der Waals surface area contributed by atoms with Crippen LogP contribution in [0.1, 0.15) is 5.69 Å². The molecule has 0 aliphatic carbocycles. The molecule has 0 amide bonds. The third kappa shape index (κ3) is 4.29. The third-order valence-electron chi connectivity index (χ3n) is 2.26. The van der Waals surface area contributed by atoms with Crippen LogP contribution in [0.25, 0.3) is 0 Å². The lowest BCUT2D eigenvalue weighted by molar-refractivity contribution is 0.344.